The lowest BCUT2D eigenvalue weighted by Gasteiger charge is -2.37. The average Bonchev–Trinajstić information content (AvgIpc) is 1.99. The molecule has 0 aromatic carbocycles. The first-order valence-corrected chi connectivity index (χ1v) is 5.42. The Morgan fingerprint density at radius 1 is 1.58 bits per heavy atom. The summed E-state index contributed by atoms with van der Waals surface area (Å²) in [6.45, 7) is 7.73. The van der Waals surface area contributed by atoms with E-state index >= 15 is 0 Å². The van der Waals surface area contributed by atoms with E-state index in [1.54, 1.807) is 0 Å². The van der Waals surface area contributed by atoms with E-state index in [-0.39, 0.29) is 0 Å². The second-order valence-corrected chi connectivity index (χ2v) is 5.64. The second kappa shape index (κ2) is 4.28. The van der Waals surface area contributed by atoms with Gasteiger partial charge in [-0.1, -0.05) is 0 Å². The quantitative estimate of drug-likeness (QED) is 0.623. The van der Waals surface area contributed by atoms with E-state index in [0.717, 1.165) is 25.9 Å². The summed E-state index contributed by atoms with van der Waals surface area (Å²) < 4.78 is 0.376. The highest BCUT2D eigenvalue weighted by Gasteiger charge is 2.26. The van der Waals surface area contributed by atoms with Crippen LogP contribution in [0.4, 0.5) is 0 Å². The van der Waals surface area contributed by atoms with E-state index in [1.165, 1.54) is 5.75 Å². The van der Waals surface area contributed by atoms with Gasteiger partial charge in [0, 0.05) is 36.6 Å². The molecule has 1 aliphatic rings. The van der Waals surface area contributed by atoms with Gasteiger partial charge in [-0.15, -0.1) is 0 Å². The molecule has 0 aliphatic carbocycles. The van der Waals surface area contributed by atoms with Crippen LogP contribution in [0.2, 0.25) is 0 Å². The molecule has 0 aromatic rings. The number of aldehydes is 1. The minimum atomic E-state index is 0.376. The second-order valence-electron chi connectivity index (χ2n) is 3.84. The smallest absolute Gasteiger partial charge is 0.121 e. The van der Waals surface area contributed by atoms with Crippen LogP contribution in [-0.4, -0.2) is 41.3 Å². The molecule has 0 radical (unpaired) electrons. The Kier molecular flexibility index (Phi) is 3.59. The summed E-state index contributed by atoms with van der Waals surface area (Å²) in [5, 5.41) is 0. The van der Waals surface area contributed by atoms with Crippen LogP contribution in [0.3, 0.4) is 0 Å². The summed E-state index contributed by atoms with van der Waals surface area (Å²) >= 11 is 2.03. The SMILES string of the molecule is CC1(C)CN(CCC=O)CCS1. The molecule has 1 heterocycles. The van der Waals surface area contributed by atoms with Crippen molar-refractivity contribution in [2.75, 3.05) is 25.4 Å². The number of carbonyl (C=O) groups excluding carboxylic acids is 1. The normalized spacial score (nSPS) is 23.8. The first-order chi connectivity index (χ1) is 5.64. The van der Waals surface area contributed by atoms with Crippen molar-refractivity contribution in [2.24, 2.45) is 0 Å². The lowest BCUT2D eigenvalue weighted by Crippen LogP contribution is -2.43. The summed E-state index contributed by atoms with van der Waals surface area (Å²) in [6.07, 6.45) is 1.69. The summed E-state index contributed by atoms with van der Waals surface area (Å²) in [7, 11) is 0. The fourth-order valence-electron chi connectivity index (χ4n) is 1.54. The van der Waals surface area contributed by atoms with Crippen LogP contribution in [-0.2, 0) is 4.79 Å². The van der Waals surface area contributed by atoms with E-state index in [9.17, 15) is 4.79 Å². The Morgan fingerprint density at radius 2 is 2.33 bits per heavy atom. The number of thioether (sulfide) groups is 1. The van der Waals surface area contributed by atoms with Gasteiger partial charge in [0.2, 0.25) is 0 Å². The molecule has 1 rings (SSSR count). The Balaban J connectivity index is 2.31. The van der Waals surface area contributed by atoms with Gasteiger partial charge in [0.15, 0.2) is 0 Å². The van der Waals surface area contributed by atoms with Gasteiger partial charge >= 0.3 is 0 Å². The predicted octanol–water partition coefficient (Wildman–Crippen LogP) is 1.40. The zero-order valence-corrected chi connectivity index (χ0v) is 8.69. The molecule has 0 spiro atoms. The van der Waals surface area contributed by atoms with E-state index in [4.69, 9.17) is 0 Å². The van der Waals surface area contributed by atoms with Crippen molar-refractivity contribution in [1.82, 2.24) is 4.90 Å². The third kappa shape index (κ3) is 3.15. The van der Waals surface area contributed by atoms with Crippen LogP contribution in [0.15, 0.2) is 0 Å². The van der Waals surface area contributed by atoms with Crippen molar-refractivity contribution in [2.45, 2.75) is 25.0 Å². The van der Waals surface area contributed by atoms with Crippen molar-refractivity contribution in [3.63, 3.8) is 0 Å². The standard InChI is InChI=1S/C9H17NOS/c1-9(2)8-10(4-3-6-11)5-7-12-9/h6H,3-5,7-8H2,1-2H3. The number of hydrogen-bond acceptors (Lipinski definition) is 3. The number of carbonyl (C=O) groups is 1. The molecule has 0 atom stereocenters. The maximum absolute atomic E-state index is 10.2. The van der Waals surface area contributed by atoms with Gasteiger partial charge in [-0.2, -0.15) is 11.8 Å². The topological polar surface area (TPSA) is 20.3 Å². The first-order valence-electron chi connectivity index (χ1n) is 4.44. The van der Waals surface area contributed by atoms with Crippen LogP contribution in [0.1, 0.15) is 20.3 Å². The van der Waals surface area contributed by atoms with Crippen LogP contribution in [0, 0.1) is 0 Å². The monoisotopic (exact) mass is 187 g/mol. The largest absolute Gasteiger partial charge is 0.303 e. The predicted molar refractivity (Wildman–Crippen MR) is 53.7 cm³/mol. The lowest BCUT2D eigenvalue weighted by molar-refractivity contribution is -0.108. The number of nitrogens with zero attached hydrogens (tertiary/aromatic N) is 1. The van der Waals surface area contributed by atoms with Crippen LogP contribution in [0.5, 0.6) is 0 Å². The summed E-state index contributed by atoms with van der Waals surface area (Å²) in [4.78, 5) is 12.6. The maximum atomic E-state index is 10.2. The van der Waals surface area contributed by atoms with Crippen LogP contribution >= 0.6 is 11.8 Å². The van der Waals surface area contributed by atoms with Crippen molar-refractivity contribution < 1.29 is 4.79 Å². The van der Waals surface area contributed by atoms with Crippen LogP contribution < -0.4 is 0 Å². The van der Waals surface area contributed by atoms with Crippen molar-refractivity contribution in [1.29, 1.82) is 0 Å². The molecule has 0 aromatic heterocycles. The average molecular weight is 187 g/mol. The van der Waals surface area contributed by atoms with Gasteiger partial charge in [-0.25, -0.2) is 0 Å². The fraction of sp³-hybridized carbons (Fsp3) is 0.889. The van der Waals surface area contributed by atoms with Crippen molar-refractivity contribution in [3.8, 4) is 0 Å². The highest BCUT2D eigenvalue weighted by molar-refractivity contribution is 8.00. The molecule has 1 aliphatic heterocycles. The van der Waals surface area contributed by atoms with Crippen LogP contribution in [0.25, 0.3) is 0 Å². The third-order valence-corrected chi connectivity index (χ3v) is 3.37. The minimum Gasteiger partial charge on any atom is -0.303 e. The van der Waals surface area contributed by atoms with E-state index in [0.29, 0.717) is 11.2 Å². The molecule has 70 valence electrons. The molecular weight excluding hydrogens is 170 g/mol. The van der Waals surface area contributed by atoms with Crippen molar-refractivity contribution in [3.05, 3.63) is 0 Å². The molecule has 1 saturated heterocycles. The van der Waals surface area contributed by atoms with Gasteiger partial charge in [-0.05, 0) is 13.8 Å². The summed E-state index contributed by atoms with van der Waals surface area (Å²) in [5.74, 6) is 1.20. The maximum Gasteiger partial charge on any atom is 0.121 e. The molecule has 0 bridgehead atoms. The fourth-order valence-corrected chi connectivity index (χ4v) is 2.72. The van der Waals surface area contributed by atoms with Gasteiger partial charge in [0.1, 0.15) is 6.29 Å². The molecular formula is C9H17NOS. The summed E-state index contributed by atoms with van der Waals surface area (Å²) in [5.41, 5.74) is 0. The Labute approximate surface area is 78.7 Å². The zero-order chi connectivity index (χ0) is 9.03. The van der Waals surface area contributed by atoms with Gasteiger partial charge < -0.3 is 9.69 Å². The summed E-state index contributed by atoms with van der Waals surface area (Å²) in [6, 6.07) is 0. The van der Waals surface area contributed by atoms with Gasteiger partial charge in [0.25, 0.3) is 0 Å². The number of rotatable bonds is 3. The molecule has 3 heteroatoms. The third-order valence-electron chi connectivity index (χ3n) is 2.07. The highest BCUT2D eigenvalue weighted by Crippen LogP contribution is 2.29. The molecule has 0 saturated carbocycles. The Hall–Kier alpha value is -0.0200. The molecule has 1 fully saturated rings. The zero-order valence-electron chi connectivity index (χ0n) is 7.88. The first kappa shape index (κ1) is 10.1. The van der Waals surface area contributed by atoms with E-state index < -0.39 is 0 Å². The lowest BCUT2D eigenvalue weighted by atomic mass is 10.2. The Morgan fingerprint density at radius 3 is 2.92 bits per heavy atom. The van der Waals surface area contributed by atoms with Gasteiger partial charge in [-0.3, -0.25) is 0 Å². The molecule has 0 amide bonds. The van der Waals surface area contributed by atoms with E-state index in [1.807, 2.05) is 11.8 Å². The Bertz CT molecular complexity index is 159. The minimum absolute atomic E-state index is 0.376. The molecule has 2 nitrogen and oxygen atoms in total. The molecule has 12 heavy (non-hydrogen) atoms. The van der Waals surface area contributed by atoms with Gasteiger partial charge in [0.05, 0.1) is 0 Å². The highest BCUT2D eigenvalue weighted by atomic mass is 32.2. The van der Waals surface area contributed by atoms with E-state index in [2.05, 4.69) is 18.7 Å². The molecule has 0 unspecified atom stereocenters. The molecule has 0 N–H and O–H groups in total. The van der Waals surface area contributed by atoms with Crippen molar-refractivity contribution >= 4 is 18.0 Å². The number of hydrogen-bond donors (Lipinski definition) is 0.